The predicted molar refractivity (Wildman–Crippen MR) is 282 cm³/mol. The number of fused-ring (bicyclic) bond motifs is 4. The molecule has 1 aliphatic carbocycles. The van der Waals surface area contributed by atoms with Gasteiger partial charge in [0.05, 0.1) is 12.2 Å². The molecule has 4 aliphatic rings. The summed E-state index contributed by atoms with van der Waals surface area (Å²) in [6.45, 7) is 15.8. The van der Waals surface area contributed by atoms with Crippen molar-refractivity contribution in [1.82, 2.24) is 0 Å². The van der Waals surface area contributed by atoms with Gasteiger partial charge in [-0.3, -0.25) is 27.1 Å². The molecular weight excluding hydrogens is 964 g/mol. The summed E-state index contributed by atoms with van der Waals surface area (Å²) >= 11 is 0. The minimum Gasteiger partial charge on any atom is -0.417 e. The Balaban J connectivity index is 1.12. The maximum atomic E-state index is 6.97. The van der Waals surface area contributed by atoms with Crippen LogP contribution >= 0.6 is 34.4 Å². The quantitative estimate of drug-likeness (QED) is 0.135. The average molecular weight is 1020 g/mol. The Labute approximate surface area is 412 Å². The van der Waals surface area contributed by atoms with E-state index >= 15 is 0 Å². The summed E-state index contributed by atoms with van der Waals surface area (Å²) in [5, 5.41) is 5.84. The molecule has 7 aromatic rings. The second kappa shape index (κ2) is 19.8. The van der Waals surface area contributed by atoms with Crippen molar-refractivity contribution in [2.75, 3.05) is 0 Å². The molecule has 0 saturated heterocycles. The number of benzene rings is 7. The highest BCUT2D eigenvalue weighted by Gasteiger charge is 2.35. The van der Waals surface area contributed by atoms with Gasteiger partial charge >= 0.3 is 34.4 Å². The van der Waals surface area contributed by atoms with Crippen molar-refractivity contribution in [3.05, 3.63) is 149 Å². The Bertz CT molecular complexity index is 3210. The van der Waals surface area contributed by atoms with Gasteiger partial charge in [-0.05, 0) is 166 Å². The smallest absolute Gasteiger partial charge is 0.417 e. The third-order valence-electron chi connectivity index (χ3n) is 11.7. The van der Waals surface area contributed by atoms with E-state index < -0.39 is 34.4 Å². The van der Waals surface area contributed by atoms with Crippen LogP contribution in [0, 0.1) is 0 Å². The Hall–Kier alpha value is -5.24. The molecule has 0 N–H and O–H groups in total. The molecular formula is C54H54O12P4+2. The van der Waals surface area contributed by atoms with Crippen LogP contribution in [0.2, 0.25) is 0 Å². The van der Waals surface area contributed by atoms with E-state index in [4.69, 9.17) is 54.3 Å². The van der Waals surface area contributed by atoms with Crippen LogP contribution in [0.5, 0.6) is 40.2 Å². The first-order valence-electron chi connectivity index (χ1n) is 23.5. The summed E-state index contributed by atoms with van der Waals surface area (Å²) in [4.78, 5) is 0. The highest BCUT2D eigenvalue weighted by Crippen LogP contribution is 2.55. The number of hydrogen-bond donors (Lipinski definition) is 0. The lowest BCUT2D eigenvalue weighted by atomic mass is 9.92. The Morgan fingerprint density at radius 2 is 0.857 bits per heavy atom. The van der Waals surface area contributed by atoms with Crippen molar-refractivity contribution in [3.8, 4) is 40.2 Å². The van der Waals surface area contributed by atoms with Crippen LogP contribution in [0.25, 0.3) is 44.0 Å². The molecule has 7 aromatic carbocycles. The van der Waals surface area contributed by atoms with E-state index in [0.717, 1.165) is 65.7 Å². The molecule has 0 saturated carbocycles. The van der Waals surface area contributed by atoms with Crippen LogP contribution in [-0.4, -0.2) is 24.4 Å². The lowest BCUT2D eigenvalue weighted by Gasteiger charge is -2.26. The Morgan fingerprint density at radius 3 is 1.33 bits per heavy atom. The zero-order chi connectivity index (χ0) is 48.2. The summed E-state index contributed by atoms with van der Waals surface area (Å²) in [6.07, 6.45) is 4.17. The van der Waals surface area contributed by atoms with Crippen molar-refractivity contribution >= 4 is 78.4 Å². The van der Waals surface area contributed by atoms with Crippen molar-refractivity contribution in [3.63, 3.8) is 0 Å². The van der Waals surface area contributed by atoms with E-state index in [1.54, 1.807) is 0 Å². The normalized spacial score (nSPS) is 19.4. The first-order chi connectivity index (χ1) is 33.8. The molecule has 12 bridgehead atoms. The molecule has 12 nitrogen and oxygen atoms in total. The number of allylic oxidation sites excluding steroid dienone is 2. The van der Waals surface area contributed by atoms with Crippen LogP contribution in [0.3, 0.4) is 0 Å². The molecule has 0 amide bonds. The summed E-state index contributed by atoms with van der Waals surface area (Å²) < 4.78 is 79.7. The molecule has 3 heterocycles. The molecule has 0 radical (unpaired) electrons. The van der Waals surface area contributed by atoms with E-state index in [-0.39, 0.29) is 24.4 Å². The van der Waals surface area contributed by atoms with E-state index in [9.17, 15) is 0 Å². The van der Waals surface area contributed by atoms with Gasteiger partial charge in [0.2, 0.25) is 0 Å². The van der Waals surface area contributed by atoms with Crippen LogP contribution in [-0.2, 0) is 35.5 Å². The van der Waals surface area contributed by atoms with Gasteiger partial charge in [-0.2, -0.15) is 9.05 Å². The largest absolute Gasteiger partial charge is 0.485 e. The van der Waals surface area contributed by atoms with E-state index in [1.165, 1.54) is 0 Å². The first kappa shape index (κ1) is 47.1. The second-order valence-electron chi connectivity index (χ2n) is 18.4. The standard InChI is InChI=1S/C54H54O12P4/c1-31(2)55-67-59-39-17-11-36-14-22-52-46(42(36)26-39)29-47-43-28-41(19-13-37(43)15-23-53(47)65-70(64-52)58-34(7)8)61-68(56-32(3)4)62-50-20-9-35-10-21-51-49(45(50)25-35)30-48-44-27-40(60-67)18-12-38(44)16-24-54(48)66-69(63-51)57-33(5)6/h9-28,31-34,67-68H,29-30H2,1-8H3/q+2. The summed E-state index contributed by atoms with van der Waals surface area (Å²) in [7, 11) is -8.70. The molecule has 4 unspecified atom stereocenters. The van der Waals surface area contributed by atoms with Crippen LogP contribution in [0.15, 0.2) is 121 Å². The SMILES string of the molecule is CC(C)OP1OC2=C3Cc4c(ccc5ccc(cc45)O[PH+](OC(C)C)Oc4ccc5ccc6c(c5c4)Cc4c(ccc5ccc(cc45)O[PH+](OC(C)C)Oc4ccc(cc43)C=C2)OP(OC(C)C)O6)O1. The number of hydrogen-bond acceptors (Lipinski definition) is 12. The Morgan fingerprint density at radius 1 is 0.429 bits per heavy atom. The van der Waals surface area contributed by atoms with Crippen molar-refractivity contribution in [1.29, 1.82) is 0 Å². The van der Waals surface area contributed by atoms with Crippen molar-refractivity contribution < 1.29 is 54.3 Å². The fourth-order valence-electron chi connectivity index (χ4n) is 8.71. The lowest BCUT2D eigenvalue weighted by Crippen LogP contribution is -2.11. The number of rotatable bonds is 8. The minimum absolute atomic E-state index is 0.156. The second-order valence-corrected chi connectivity index (χ2v) is 22.8. The van der Waals surface area contributed by atoms with E-state index in [1.807, 2.05) is 152 Å². The van der Waals surface area contributed by atoms with Gasteiger partial charge in [-0.25, -0.2) is 0 Å². The first-order valence-corrected chi connectivity index (χ1v) is 28.2. The van der Waals surface area contributed by atoms with Crippen LogP contribution in [0.4, 0.5) is 0 Å². The zero-order valence-corrected chi connectivity index (χ0v) is 43.9. The fourth-order valence-corrected chi connectivity index (χ4v) is 13.3. The third-order valence-corrected chi connectivity index (χ3v) is 17.2. The molecule has 16 heteroatoms. The summed E-state index contributed by atoms with van der Waals surface area (Å²) in [6, 6.07) is 36.4. The topological polar surface area (TPSA) is 111 Å². The molecule has 3 aliphatic heterocycles. The van der Waals surface area contributed by atoms with Gasteiger partial charge in [0, 0.05) is 40.7 Å². The Kier molecular flexibility index (Phi) is 13.3. The van der Waals surface area contributed by atoms with Crippen LogP contribution in [0.1, 0.15) is 83.2 Å². The molecule has 11 rings (SSSR count). The monoisotopic (exact) mass is 1020 g/mol. The molecule has 70 heavy (non-hydrogen) atoms. The molecule has 4 atom stereocenters. The van der Waals surface area contributed by atoms with E-state index in [0.29, 0.717) is 58.8 Å². The molecule has 0 spiro atoms. The van der Waals surface area contributed by atoms with Gasteiger partial charge < -0.3 is 18.1 Å². The fraction of sp³-hybridized carbons (Fsp3) is 0.259. The van der Waals surface area contributed by atoms with Crippen LogP contribution < -0.4 is 31.7 Å². The summed E-state index contributed by atoms with van der Waals surface area (Å²) in [5.41, 5.74) is 5.53. The highest BCUT2D eigenvalue weighted by atomic mass is 31.2. The summed E-state index contributed by atoms with van der Waals surface area (Å²) in [5.74, 6) is 4.94. The average Bonchev–Trinajstić information content (AvgIpc) is 3.42. The van der Waals surface area contributed by atoms with Gasteiger partial charge in [0.15, 0.2) is 23.0 Å². The maximum absolute atomic E-state index is 6.97. The van der Waals surface area contributed by atoms with Gasteiger partial charge in [0.25, 0.3) is 0 Å². The maximum Gasteiger partial charge on any atom is 0.485 e. The van der Waals surface area contributed by atoms with Gasteiger partial charge in [-0.15, -0.1) is 0 Å². The van der Waals surface area contributed by atoms with Gasteiger partial charge in [-0.1, -0.05) is 48.5 Å². The van der Waals surface area contributed by atoms with Crippen molar-refractivity contribution in [2.24, 2.45) is 0 Å². The lowest BCUT2D eigenvalue weighted by molar-refractivity contribution is 0.193. The van der Waals surface area contributed by atoms with Gasteiger partial charge in [0.1, 0.15) is 35.2 Å². The van der Waals surface area contributed by atoms with E-state index in [2.05, 4.69) is 24.3 Å². The molecule has 360 valence electrons. The minimum atomic E-state index is -2.51. The third kappa shape index (κ3) is 9.99. The molecule has 0 aromatic heterocycles. The zero-order valence-electron chi connectivity index (χ0n) is 40.1. The highest BCUT2D eigenvalue weighted by molar-refractivity contribution is 7.43. The van der Waals surface area contributed by atoms with Crippen molar-refractivity contribution in [2.45, 2.75) is 92.6 Å². The molecule has 0 fully saturated rings. The predicted octanol–water partition coefficient (Wildman–Crippen LogP) is 16.2.